The van der Waals surface area contributed by atoms with Gasteiger partial charge in [-0.05, 0) is 29.7 Å². The fraction of sp³-hybridized carbons (Fsp3) is 0.379. The van der Waals surface area contributed by atoms with Crippen molar-refractivity contribution in [1.29, 1.82) is 0 Å². The molecule has 0 radical (unpaired) electrons. The average Bonchev–Trinajstić information content (AvgIpc) is 2.94. The van der Waals surface area contributed by atoms with E-state index in [1.54, 1.807) is 32.0 Å². The van der Waals surface area contributed by atoms with Crippen LogP contribution in [-0.4, -0.2) is 73.3 Å². The van der Waals surface area contributed by atoms with Gasteiger partial charge in [-0.3, -0.25) is 24.2 Å². The molecular formula is C29H36N4O7S. The standard InChI is InChI=1S/C29H36N4O7S/c1-18(2)27(33-25(35)14-21-13-20(11-12-24(21)39-5)29(30-3)40-31-4)28(38)32-22(15-26(36)37)23(34)17-41-16-19-9-7-6-8-10-19/h6-13,18,22,27H,4,14-17H2,1-3,5H3,(H,32,38)(H,33,35)(H,36,37)/b30-29-/t22?,27-/m0/s1. The molecule has 12 heteroatoms. The van der Waals surface area contributed by atoms with E-state index in [0.717, 1.165) is 5.56 Å². The Kier molecular flexibility index (Phi) is 13.5. The molecule has 0 aliphatic heterocycles. The van der Waals surface area contributed by atoms with Crippen molar-refractivity contribution in [3.8, 4) is 5.75 Å². The Morgan fingerprint density at radius 2 is 1.78 bits per heavy atom. The van der Waals surface area contributed by atoms with Crippen molar-refractivity contribution in [3.63, 3.8) is 0 Å². The number of carbonyl (C=O) groups is 4. The molecule has 2 amide bonds. The van der Waals surface area contributed by atoms with Crippen molar-refractivity contribution in [3.05, 3.63) is 65.2 Å². The smallest absolute Gasteiger partial charge is 0.305 e. The lowest BCUT2D eigenvalue weighted by Crippen LogP contribution is -2.54. The van der Waals surface area contributed by atoms with Crippen molar-refractivity contribution in [2.24, 2.45) is 16.1 Å². The fourth-order valence-corrected chi connectivity index (χ4v) is 4.82. The Balaban J connectivity index is 2.11. The molecule has 220 valence electrons. The molecule has 0 aromatic heterocycles. The van der Waals surface area contributed by atoms with Crippen LogP contribution in [0.1, 0.15) is 37.0 Å². The molecule has 0 bridgehead atoms. The number of carboxylic acid groups (broad SMARTS) is 1. The molecule has 1 unspecified atom stereocenters. The number of hydrogen-bond donors (Lipinski definition) is 3. The maximum atomic E-state index is 13.2. The second-order valence-corrected chi connectivity index (χ2v) is 10.3. The maximum absolute atomic E-state index is 13.2. The number of hydrogen-bond acceptors (Lipinski definition) is 9. The molecule has 0 aliphatic rings. The van der Waals surface area contributed by atoms with Crippen LogP contribution in [0, 0.1) is 5.92 Å². The summed E-state index contributed by atoms with van der Waals surface area (Å²) >= 11 is 1.33. The van der Waals surface area contributed by atoms with Gasteiger partial charge in [0.05, 0.1) is 31.7 Å². The molecule has 2 rings (SSSR count). The molecule has 0 spiro atoms. The van der Waals surface area contributed by atoms with Crippen LogP contribution in [0.3, 0.4) is 0 Å². The zero-order valence-electron chi connectivity index (χ0n) is 23.6. The lowest BCUT2D eigenvalue weighted by atomic mass is 10.0. The van der Waals surface area contributed by atoms with Gasteiger partial charge in [-0.15, -0.1) is 11.8 Å². The van der Waals surface area contributed by atoms with Gasteiger partial charge in [0.15, 0.2) is 5.78 Å². The number of thioether (sulfide) groups is 1. The summed E-state index contributed by atoms with van der Waals surface area (Å²) in [7, 11) is 2.99. The van der Waals surface area contributed by atoms with E-state index in [2.05, 4.69) is 27.5 Å². The average molecular weight is 585 g/mol. The lowest BCUT2D eigenvalue weighted by molar-refractivity contribution is -0.140. The quantitative estimate of drug-likeness (QED) is 0.155. The third-order valence-electron chi connectivity index (χ3n) is 5.94. The van der Waals surface area contributed by atoms with Crippen LogP contribution < -0.4 is 15.4 Å². The minimum atomic E-state index is -1.23. The lowest BCUT2D eigenvalue weighted by Gasteiger charge is -2.25. The molecule has 0 saturated carbocycles. The zero-order chi connectivity index (χ0) is 30.4. The first-order chi connectivity index (χ1) is 19.6. The summed E-state index contributed by atoms with van der Waals surface area (Å²) in [5.74, 6) is -1.89. The van der Waals surface area contributed by atoms with Gasteiger partial charge in [-0.25, -0.2) is 0 Å². The van der Waals surface area contributed by atoms with Gasteiger partial charge in [0, 0.05) is 30.6 Å². The summed E-state index contributed by atoms with van der Waals surface area (Å²) in [6.45, 7) is 6.75. The molecule has 41 heavy (non-hydrogen) atoms. The summed E-state index contributed by atoms with van der Waals surface area (Å²) in [6, 6.07) is 12.3. The van der Waals surface area contributed by atoms with Gasteiger partial charge in [0.1, 0.15) is 11.8 Å². The summed E-state index contributed by atoms with van der Waals surface area (Å²) < 4.78 is 5.38. The normalized spacial score (nSPS) is 12.7. The predicted molar refractivity (Wildman–Crippen MR) is 158 cm³/mol. The molecule has 2 aromatic rings. The van der Waals surface area contributed by atoms with Crippen molar-refractivity contribution in [1.82, 2.24) is 10.6 Å². The van der Waals surface area contributed by atoms with E-state index < -0.39 is 42.1 Å². The molecule has 0 heterocycles. The highest BCUT2D eigenvalue weighted by atomic mass is 32.2. The molecule has 2 atom stereocenters. The number of Topliss-reactive ketones (excluding diaryl/α,β-unsaturated/α-hetero) is 1. The van der Waals surface area contributed by atoms with Crippen LogP contribution in [0.2, 0.25) is 0 Å². The molecule has 2 aromatic carbocycles. The number of amides is 2. The Morgan fingerprint density at radius 3 is 2.37 bits per heavy atom. The Morgan fingerprint density at radius 1 is 1.07 bits per heavy atom. The van der Waals surface area contributed by atoms with Gasteiger partial charge >= 0.3 is 5.97 Å². The van der Waals surface area contributed by atoms with Crippen LogP contribution in [0.25, 0.3) is 0 Å². The number of nitrogens with zero attached hydrogens (tertiary/aromatic N) is 2. The van der Waals surface area contributed by atoms with E-state index in [9.17, 15) is 24.3 Å². The third kappa shape index (κ3) is 10.7. The number of ether oxygens (including phenoxy) is 1. The summed E-state index contributed by atoms with van der Waals surface area (Å²) in [6.07, 6.45) is -0.707. The van der Waals surface area contributed by atoms with Crippen LogP contribution in [0.15, 0.2) is 58.7 Å². The van der Waals surface area contributed by atoms with E-state index in [1.807, 2.05) is 30.3 Å². The Labute approximate surface area is 243 Å². The van der Waals surface area contributed by atoms with Crippen LogP contribution in [-0.2, 0) is 36.2 Å². The first-order valence-electron chi connectivity index (χ1n) is 12.8. The zero-order valence-corrected chi connectivity index (χ0v) is 24.4. The monoisotopic (exact) mass is 584 g/mol. The number of oxime groups is 1. The molecule has 0 aliphatic carbocycles. The number of nitrogens with one attached hydrogen (secondary N) is 2. The first-order valence-corrected chi connectivity index (χ1v) is 14.0. The first kappa shape index (κ1) is 33.0. The highest BCUT2D eigenvalue weighted by Gasteiger charge is 2.30. The van der Waals surface area contributed by atoms with Gasteiger partial charge in [-0.1, -0.05) is 49.3 Å². The molecular weight excluding hydrogens is 548 g/mol. The van der Waals surface area contributed by atoms with E-state index in [0.29, 0.717) is 22.6 Å². The highest BCUT2D eigenvalue weighted by Crippen LogP contribution is 2.22. The minimum absolute atomic E-state index is 0.0239. The second-order valence-electron chi connectivity index (χ2n) is 9.35. The Hall–Kier alpha value is -4.19. The SMILES string of the molecule is C=NO/C(=N\C)c1ccc(OC)c(CC(=O)N[C@H](C(=O)NC(CC(=O)O)C(=O)CSCc2ccccc2)C(C)C)c1. The van der Waals surface area contributed by atoms with Crippen molar-refractivity contribution in [2.45, 2.75) is 44.5 Å². The maximum Gasteiger partial charge on any atom is 0.305 e. The van der Waals surface area contributed by atoms with Crippen molar-refractivity contribution >= 4 is 47.9 Å². The van der Waals surface area contributed by atoms with Gasteiger partial charge < -0.3 is 25.3 Å². The van der Waals surface area contributed by atoms with Crippen LogP contribution in [0.5, 0.6) is 5.75 Å². The van der Waals surface area contributed by atoms with Gasteiger partial charge in [0.2, 0.25) is 11.8 Å². The summed E-state index contributed by atoms with van der Waals surface area (Å²) in [5, 5.41) is 18.0. The van der Waals surface area contributed by atoms with Crippen molar-refractivity contribution < 1.29 is 33.9 Å². The van der Waals surface area contributed by atoms with Crippen LogP contribution in [0.4, 0.5) is 0 Å². The number of rotatable bonds is 16. The number of aliphatic imine (C=N–C) groups is 1. The molecule has 11 nitrogen and oxygen atoms in total. The van der Waals surface area contributed by atoms with Gasteiger partial charge in [0.25, 0.3) is 5.90 Å². The number of aliphatic carboxylic acids is 1. The van der Waals surface area contributed by atoms with Crippen LogP contribution >= 0.6 is 11.8 Å². The Bertz CT molecular complexity index is 1250. The number of carboxylic acids is 1. The predicted octanol–water partition coefficient (Wildman–Crippen LogP) is 2.85. The van der Waals surface area contributed by atoms with E-state index in [4.69, 9.17) is 9.57 Å². The molecule has 0 saturated heterocycles. The highest BCUT2D eigenvalue weighted by molar-refractivity contribution is 7.99. The topological polar surface area (TPSA) is 156 Å². The summed E-state index contributed by atoms with van der Waals surface area (Å²) in [4.78, 5) is 59.6. The largest absolute Gasteiger partial charge is 0.496 e. The van der Waals surface area contributed by atoms with Gasteiger partial charge in [-0.2, -0.15) is 0 Å². The van der Waals surface area contributed by atoms with E-state index >= 15 is 0 Å². The second kappa shape index (κ2) is 16.8. The third-order valence-corrected chi connectivity index (χ3v) is 6.96. The minimum Gasteiger partial charge on any atom is -0.496 e. The van der Waals surface area contributed by atoms with E-state index in [-0.39, 0.29) is 24.0 Å². The fourth-order valence-electron chi connectivity index (χ4n) is 3.89. The van der Waals surface area contributed by atoms with Crippen molar-refractivity contribution in [2.75, 3.05) is 19.9 Å². The number of methoxy groups -OCH3 is 1. The summed E-state index contributed by atoms with van der Waals surface area (Å²) in [5.41, 5.74) is 2.08. The number of ketones is 1. The number of carbonyl (C=O) groups excluding carboxylic acids is 3. The number of benzene rings is 2. The van der Waals surface area contributed by atoms with E-state index in [1.165, 1.54) is 25.9 Å². The molecule has 3 N–H and O–H groups in total. The molecule has 0 fully saturated rings.